The quantitative estimate of drug-likeness (QED) is 0.805. The third-order valence-corrected chi connectivity index (χ3v) is 4.12. The van der Waals surface area contributed by atoms with Crippen molar-refractivity contribution < 1.29 is 4.74 Å². The van der Waals surface area contributed by atoms with E-state index in [0.29, 0.717) is 0 Å². The van der Waals surface area contributed by atoms with Gasteiger partial charge >= 0.3 is 0 Å². The molecule has 5 heteroatoms. The SMILES string of the molecule is COc1c(Br)cc(Br)cc1CN[C@H](C)c1cccnc1. The van der Waals surface area contributed by atoms with E-state index in [4.69, 9.17) is 4.74 Å². The lowest BCUT2D eigenvalue weighted by Crippen LogP contribution is -2.18. The van der Waals surface area contributed by atoms with Crippen LogP contribution < -0.4 is 10.1 Å². The topological polar surface area (TPSA) is 34.1 Å². The number of benzene rings is 1. The number of hydrogen-bond donors (Lipinski definition) is 1. The summed E-state index contributed by atoms with van der Waals surface area (Å²) in [5.41, 5.74) is 2.27. The van der Waals surface area contributed by atoms with Gasteiger partial charge in [0.2, 0.25) is 0 Å². The Morgan fingerprint density at radius 3 is 2.80 bits per heavy atom. The van der Waals surface area contributed by atoms with Gasteiger partial charge in [0.15, 0.2) is 0 Å². The summed E-state index contributed by atoms with van der Waals surface area (Å²) in [6.45, 7) is 2.84. The average molecular weight is 400 g/mol. The van der Waals surface area contributed by atoms with Gasteiger partial charge in [-0.05, 0) is 46.6 Å². The number of methoxy groups -OCH3 is 1. The van der Waals surface area contributed by atoms with E-state index in [2.05, 4.69) is 61.2 Å². The van der Waals surface area contributed by atoms with Crippen molar-refractivity contribution in [2.24, 2.45) is 0 Å². The maximum absolute atomic E-state index is 5.45. The molecule has 0 saturated heterocycles. The van der Waals surface area contributed by atoms with Crippen LogP contribution in [0.2, 0.25) is 0 Å². The zero-order valence-corrected chi connectivity index (χ0v) is 14.5. The molecule has 0 aliphatic rings. The Hall–Kier alpha value is -0.910. The molecule has 0 saturated carbocycles. The fourth-order valence-corrected chi connectivity index (χ4v) is 3.46. The van der Waals surface area contributed by atoms with Crippen molar-refractivity contribution in [3.05, 3.63) is 56.7 Å². The molecule has 1 atom stereocenters. The normalized spacial score (nSPS) is 12.2. The summed E-state index contributed by atoms with van der Waals surface area (Å²) in [4.78, 5) is 4.14. The predicted octanol–water partition coefficient (Wildman–Crippen LogP) is 4.47. The maximum atomic E-state index is 5.45. The van der Waals surface area contributed by atoms with Crippen molar-refractivity contribution in [2.75, 3.05) is 7.11 Å². The Balaban J connectivity index is 2.11. The molecule has 1 N–H and O–H groups in total. The van der Waals surface area contributed by atoms with E-state index in [1.54, 1.807) is 13.3 Å². The van der Waals surface area contributed by atoms with E-state index in [-0.39, 0.29) is 6.04 Å². The zero-order valence-electron chi connectivity index (χ0n) is 11.4. The molecule has 0 bridgehead atoms. The lowest BCUT2D eigenvalue weighted by atomic mass is 10.1. The minimum Gasteiger partial charge on any atom is -0.495 e. The van der Waals surface area contributed by atoms with E-state index >= 15 is 0 Å². The molecule has 1 aromatic carbocycles. The largest absolute Gasteiger partial charge is 0.495 e. The van der Waals surface area contributed by atoms with E-state index in [1.165, 1.54) is 5.56 Å². The first-order valence-corrected chi connectivity index (χ1v) is 7.85. The van der Waals surface area contributed by atoms with Gasteiger partial charge in [-0.25, -0.2) is 0 Å². The molecule has 1 aromatic heterocycles. The van der Waals surface area contributed by atoms with Gasteiger partial charge in [-0.15, -0.1) is 0 Å². The van der Waals surface area contributed by atoms with Crippen molar-refractivity contribution in [2.45, 2.75) is 19.5 Å². The van der Waals surface area contributed by atoms with Crippen LogP contribution in [-0.2, 0) is 6.54 Å². The lowest BCUT2D eigenvalue weighted by Gasteiger charge is -2.16. The zero-order chi connectivity index (χ0) is 14.5. The second-order valence-electron chi connectivity index (χ2n) is 4.47. The number of rotatable bonds is 5. The second kappa shape index (κ2) is 7.20. The van der Waals surface area contributed by atoms with Gasteiger partial charge in [0.25, 0.3) is 0 Å². The van der Waals surface area contributed by atoms with Crippen molar-refractivity contribution in [3.8, 4) is 5.75 Å². The molecular weight excluding hydrogens is 384 g/mol. The van der Waals surface area contributed by atoms with Gasteiger partial charge in [0, 0.05) is 35.0 Å². The Labute approximate surface area is 136 Å². The number of nitrogens with zero attached hydrogens (tertiary/aromatic N) is 1. The molecule has 106 valence electrons. The number of hydrogen-bond acceptors (Lipinski definition) is 3. The van der Waals surface area contributed by atoms with Gasteiger partial charge < -0.3 is 10.1 Å². The molecule has 0 unspecified atom stereocenters. The van der Waals surface area contributed by atoms with Crippen LogP contribution in [0.5, 0.6) is 5.75 Å². The summed E-state index contributed by atoms with van der Waals surface area (Å²) in [5.74, 6) is 0.860. The second-order valence-corrected chi connectivity index (χ2v) is 6.24. The molecule has 0 aliphatic carbocycles. The molecule has 0 radical (unpaired) electrons. The molecule has 0 aliphatic heterocycles. The minimum atomic E-state index is 0.228. The van der Waals surface area contributed by atoms with Crippen molar-refractivity contribution in [3.63, 3.8) is 0 Å². The molecule has 3 nitrogen and oxygen atoms in total. The highest BCUT2D eigenvalue weighted by Crippen LogP contribution is 2.32. The highest BCUT2D eigenvalue weighted by atomic mass is 79.9. The predicted molar refractivity (Wildman–Crippen MR) is 87.9 cm³/mol. The summed E-state index contributed by atoms with van der Waals surface area (Å²) in [6, 6.07) is 8.29. The molecule has 0 amide bonds. The standard InChI is InChI=1S/C15H16Br2N2O/c1-10(11-4-3-5-18-8-11)19-9-12-6-13(16)7-14(17)15(12)20-2/h3-8,10,19H,9H2,1-2H3/t10-/m1/s1. The van der Waals surface area contributed by atoms with Crippen LogP contribution in [0.1, 0.15) is 24.1 Å². The highest BCUT2D eigenvalue weighted by Gasteiger charge is 2.11. The van der Waals surface area contributed by atoms with Gasteiger partial charge in [-0.2, -0.15) is 0 Å². The molecule has 0 spiro atoms. The number of aromatic nitrogens is 1. The number of halogens is 2. The first kappa shape index (κ1) is 15.5. The third kappa shape index (κ3) is 3.81. The molecule has 2 rings (SSSR count). The molecule has 2 aromatic rings. The van der Waals surface area contributed by atoms with Crippen LogP contribution in [0.3, 0.4) is 0 Å². The van der Waals surface area contributed by atoms with Gasteiger partial charge in [-0.1, -0.05) is 22.0 Å². The Bertz CT molecular complexity index is 576. The van der Waals surface area contributed by atoms with E-state index in [9.17, 15) is 0 Å². The molecule has 0 fully saturated rings. The van der Waals surface area contributed by atoms with Gasteiger partial charge in [-0.3, -0.25) is 4.98 Å². The smallest absolute Gasteiger partial charge is 0.137 e. The van der Waals surface area contributed by atoms with E-state index in [0.717, 1.165) is 26.8 Å². The van der Waals surface area contributed by atoms with Crippen molar-refractivity contribution >= 4 is 31.9 Å². The molecule has 20 heavy (non-hydrogen) atoms. The highest BCUT2D eigenvalue weighted by molar-refractivity contribution is 9.11. The Kier molecular flexibility index (Phi) is 5.57. The van der Waals surface area contributed by atoms with Crippen LogP contribution in [0.15, 0.2) is 45.6 Å². The molecule has 1 heterocycles. The fourth-order valence-electron chi connectivity index (χ4n) is 1.99. The average Bonchev–Trinajstić information content (AvgIpc) is 2.45. The van der Waals surface area contributed by atoms with Crippen LogP contribution in [0.4, 0.5) is 0 Å². The minimum absolute atomic E-state index is 0.228. The first-order valence-electron chi connectivity index (χ1n) is 6.27. The summed E-state index contributed by atoms with van der Waals surface area (Å²) >= 11 is 7.02. The fraction of sp³-hybridized carbons (Fsp3) is 0.267. The van der Waals surface area contributed by atoms with Crippen LogP contribution in [0, 0.1) is 0 Å². The van der Waals surface area contributed by atoms with E-state index < -0.39 is 0 Å². The number of pyridine rings is 1. The summed E-state index contributed by atoms with van der Waals surface area (Å²) in [7, 11) is 1.68. The summed E-state index contributed by atoms with van der Waals surface area (Å²) in [5, 5.41) is 3.48. The number of nitrogens with one attached hydrogen (secondary N) is 1. The van der Waals surface area contributed by atoms with Crippen LogP contribution in [0.25, 0.3) is 0 Å². The summed E-state index contributed by atoms with van der Waals surface area (Å²) < 4.78 is 7.42. The van der Waals surface area contributed by atoms with E-state index in [1.807, 2.05) is 18.3 Å². The van der Waals surface area contributed by atoms with Gasteiger partial charge in [0.05, 0.1) is 11.6 Å². The van der Waals surface area contributed by atoms with Crippen molar-refractivity contribution in [1.82, 2.24) is 10.3 Å². The summed E-state index contributed by atoms with van der Waals surface area (Å²) in [6.07, 6.45) is 3.66. The number of ether oxygens (including phenoxy) is 1. The van der Waals surface area contributed by atoms with Crippen LogP contribution >= 0.6 is 31.9 Å². The lowest BCUT2D eigenvalue weighted by molar-refractivity contribution is 0.403. The van der Waals surface area contributed by atoms with Crippen molar-refractivity contribution in [1.29, 1.82) is 0 Å². The monoisotopic (exact) mass is 398 g/mol. The third-order valence-electron chi connectivity index (χ3n) is 3.07. The molecular formula is C15H16Br2N2O. The van der Waals surface area contributed by atoms with Crippen LogP contribution in [-0.4, -0.2) is 12.1 Å². The maximum Gasteiger partial charge on any atom is 0.137 e. The first-order chi connectivity index (χ1) is 9.61. The Morgan fingerprint density at radius 2 is 2.15 bits per heavy atom. The Morgan fingerprint density at radius 1 is 1.35 bits per heavy atom. The van der Waals surface area contributed by atoms with Gasteiger partial charge in [0.1, 0.15) is 5.75 Å².